The molecule has 33 heavy (non-hydrogen) atoms. The molecule has 4 heterocycles. The summed E-state index contributed by atoms with van der Waals surface area (Å²) in [5, 5.41) is 8.57. The first-order valence-electron chi connectivity index (χ1n) is 10.2. The molecule has 0 aliphatic carbocycles. The van der Waals surface area contributed by atoms with E-state index in [1.54, 1.807) is 36.7 Å². The van der Waals surface area contributed by atoms with Crippen LogP contribution in [0.1, 0.15) is 5.82 Å². The number of H-pyrrole nitrogens is 1. The lowest BCUT2D eigenvalue weighted by Gasteiger charge is -2.12. The smallest absolute Gasteiger partial charge is 0.163 e. The number of benzene rings is 2. The van der Waals surface area contributed by atoms with Gasteiger partial charge in [-0.3, -0.25) is 9.55 Å². The molecule has 4 aromatic heterocycles. The predicted molar refractivity (Wildman–Crippen MR) is 124 cm³/mol. The summed E-state index contributed by atoms with van der Waals surface area (Å²) < 4.78 is 16.9. The van der Waals surface area contributed by atoms with Crippen LogP contribution in [0.3, 0.4) is 0 Å². The van der Waals surface area contributed by atoms with Gasteiger partial charge in [0.05, 0.1) is 22.1 Å². The van der Waals surface area contributed by atoms with Crippen LogP contribution in [0, 0.1) is 12.7 Å². The van der Waals surface area contributed by atoms with Gasteiger partial charge in [0.2, 0.25) is 0 Å². The average molecular weight is 436 g/mol. The van der Waals surface area contributed by atoms with Crippen molar-refractivity contribution in [2.45, 2.75) is 6.92 Å². The van der Waals surface area contributed by atoms with Crippen molar-refractivity contribution < 1.29 is 4.39 Å². The van der Waals surface area contributed by atoms with Gasteiger partial charge in [-0.15, -0.1) is 10.2 Å². The molecule has 0 atom stereocenters. The number of halogens is 1. The Balaban J connectivity index is 1.73. The Morgan fingerprint density at radius 3 is 2.70 bits per heavy atom. The third-order valence-electron chi connectivity index (χ3n) is 5.65. The quantitative estimate of drug-likeness (QED) is 0.424. The number of rotatable bonds is 3. The van der Waals surface area contributed by atoms with Crippen molar-refractivity contribution >= 4 is 27.8 Å². The second kappa shape index (κ2) is 7.20. The number of nitrogens with two attached hydrogens (primary N) is 1. The van der Waals surface area contributed by atoms with Crippen LogP contribution < -0.4 is 5.73 Å². The van der Waals surface area contributed by atoms with E-state index in [-0.39, 0.29) is 5.82 Å². The second-order valence-electron chi connectivity index (χ2n) is 7.66. The Kier molecular flexibility index (Phi) is 4.16. The van der Waals surface area contributed by atoms with Crippen molar-refractivity contribution in [1.82, 2.24) is 34.7 Å². The Bertz CT molecular complexity index is 1650. The summed E-state index contributed by atoms with van der Waals surface area (Å²) in [6.07, 6.45) is 4.86. The molecule has 2 aromatic carbocycles. The summed E-state index contributed by atoms with van der Waals surface area (Å²) in [7, 11) is 0. The molecule has 0 fully saturated rings. The summed E-state index contributed by atoms with van der Waals surface area (Å²) in [4.78, 5) is 16.3. The van der Waals surface area contributed by atoms with E-state index in [9.17, 15) is 4.39 Å². The molecular formula is C24H17FN8. The van der Waals surface area contributed by atoms with Crippen molar-refractivity contribution in [2.75, 3.05) is 5.73 Å². The molecular weight excluding hydrogens is 419 g/mol. The summed E-state index contributed by atoms with van der Waals surface area (Å²) in [5.41, 5.74) is 11.2. The fraction of sp³-hybridized carbons (Fsp3) is 0.0417. The normalized spacial score (nSPS) is 11.5. The van der Waals surface area contributed by atoms with Gasteiger partial charge < -0.3 is 10.7 Å². The van der Waals surface area contributed by atoms with E-state index >= 15 is 0 Å². The molecule has 0 radical (unpaired) electrons. The molecule has 9 heteroatoms. The van der Waals surface area contributed by atoms with Crippen molar-refractivity contribution in [2.24, 2.45) is 0 Å². The highest BCUT2D eigenvalue weighted by atomic mass is 19.1. The Labute approximate surface area is 187 Å². The van der Waals surface area contributed by atoms with Gasteiger partial charge in [0, 0.05) is 18.0 Å². The minimum Gasteiger partial charge on any atom is -0.384 e. The number of nitrogen functional groups attached to an aromatic ring is 1. The lowest BCUT2D eigenvalue weighted by molar-refractivity contribution is 0.639. The summed E-state index contributed by atoms with van der Waals surface area (Å²) in [6.45, 7) is 1.89. The van der Waals surface area contributed by atoms with Crippen molar-refractivity contribution in [1.29, 1.82) is 0 Å². The van der Waals surface area contributed by atoms with Crippen LogP contribution in [0.5, 0.6) is 0 Å². The van der Waals surface area contributed by atoms with Crippen molar-refractivity contribution in [3.05, 3.63) is 78.9 Å². The van der Waals surface area contributed by atoms with Crippen LogP contribution in [-0.2, 0) is 0 Å². The van der Waals surface area contributed by atoms with Gasteiger partial charge in [-0.05, 0) is 60.5 Å². The topological polar surface area (TPSA) is 111 Å². The minimum absolute atomic E-state index is 0.342. The Morgan fingerprint density at radius 2 is 1.88 bits per heavy atom. The molecule has 0 aliphatic heterocycles. The predicted octanol–water partition coefficient (Wildman–Crippen LogP) is 4.45. The molecule has 0 spiro atoms. The molecule has 0 amide bonds. The lowest BCUT2D eigenvalue weighted by Crippen LogP contribution is -2.00. The number of pyridine rings is 2. The molecule has 0 unspecified atom stereocenters. The highest BCUT2D eigenvalue weighted by Gasteiger charge is 2.20. The Hall–Kier alpha value is -4.66. The van der Waals surface area contributed by atoms with Crippen LogP contribution in [0.4, 0.5) is 10.2 Å². The number of nitrogens with zero attached hydrogens (tertiary/aromatic N) is 6. The van der Waals surface area contributed by atoms with Crippen LogP contribution in [0.2, 0.25) is 0 Å². The SMILES string of the molecule is Cc1nc2c(-c3nnc[nH]3)cc(-c3ccnc(N)c3)cc2n1-c1ccnc2cccc(F)c12. The number of aryl methyl sites for hydroxylation is 1. The summed E-state index contributed by atoms with van der Waals surface area (Å²) >= 11 is 0. The molecule has 6 aromatic rings. The minimum atomic E-state index is -0.342. The van der Waals surface area contributed by atoms with Gasteiger partial charge in [0.25, 0.3) is 0 Å². The number of aromatic amines is 1. The van der Waals surface area contributed by atoms with Gasteiger partial charge in [-0.1, -0.05) is 6.07 Å². The lowest BCUT2D eigenvalue weighted by atomic mass is 10.0. The van der Waals surface area contributed by atoms with Gasteiger partial charge in [-0.2, -0.15) is 0 Å². The van der Waals surface area contributed by atoms with E-state index in [1.165, 1.54) is 12.4 Å². The monoisotopic (exact) mass is 436 g/mol. The fourth-order valence-electron chi connectivity index (χ4n) is 4.24. The summed E-state index contributed by atoms with van der Waals surface area (Å²) in [6, 6.07) is 14.4. The van der Waals surface area contributed by atoms with Crippen LogP contribution in [-0.4, -0.2) is 34.7 Å². The molecule has 0 saturated heterocycles. The van der Waals surface area contributed by atoms with Crippen LogP contribution in [0.25, 0.3) is 50.1 Å². The maximum Gasteiger partial charge on any atom is 0.163 e. The number of fused-ring (bicyclic) bond motifs is 2. The van der Waals surface area contributed by atoms with Crippen molar-refractivity contribution in [3.8, 4) is 28.2 Å². The van der Waals surface area contributed by atoms with E-state index in [2.05, 4.69) is 25.1 Å². The average Bonchev–Trinajstić information content (AvgIpc) is 3.46. The molecule has 3 N–H and O–H groups in total. The van der Waals surface area contributed by atoms with Gasteiger partial charge in [-0.25, -0.2) is 14.4 Å². The highest BCUT2D eigenvalue weighted by Crippen LogP contribution is 2.36. The van der Waals surface area contributed by atoms with Crippen molar-refractivity contribution in [3.63, 3.8) is 0 Å². The highest BCUT2D eigenvalue weighted by molar-refractivity contribution is 5.98. The standard InChI is InChI=1S/C24H17FN8/c1-13-31-23-16(24-29-12-30-32-24)9-15(14-5-7-28-21(26)11-14)10-20(23)33(13)19-6-8-27-18-4-2-3-17(25)22(18)19/h2-12H,1H3,(H2,26,28)(H,29,30,32). The van der Waals surface area contributed by atoms with E-state index in [4.69, 9.17) is 10.7 Å². The zero-order chi connectivity index (χ0) is 22.5. The number of imidazole rings is 1. The fourth-order valence-corrected chi connectivity index (χ4v) is 4.24. The summed E-state index contributed by atoms with van der Waals surface area (Å²) in [5.74, 6) is 1.36. The maximum atomic E-state index is 14.9. The first kappa shape index (κ1) is 19.1. The number of aromatic nitrogens is 7. The van der Waals surface area contributed by atoms with E-state index in [0.717, 1.165) is 27.7 Å². The Morgan fingerprint density at radius 1 is 1.00 bits per heavy atom. The van der Waals surface area contributed by atoms with Gasteiger partial charge in [0.1, 0.15) is 29.3 Å². The van der Waals surface area contributed by atoms with E-state index in [1.807, 2.05) is 29.7 Å². The van der Waals surface area contributed by atoms with Crippen LogP contribution >= 0.6 is 0 Å². The third-order valence-corrected chi connectivity index (χ3v) is 5.65. The molecule has 6 rings (SSSR count). The van der Waals surface area contributed by atoms with Gasteiger partial charge >= 0.3 is 0 Å². The molecule has 0 aliphatic rings. The number of nitrogens with one attached hydrogen (secondary N) is 1. The molecule has 160 valence electrons. The molecule has 8 nitrogen and oxygen atoms in total. The first-order valence-corrected chi connectivity index (χ1v) is 10.2. The first-order chi connectivity index (χ1) is 16.1. The molecule has 0 saturated carbocycles. The zero-order valence-electron chi connectivity index (χ0n) is 17.5. The van der Waals surface area contributed by atoms with E-state index in [0.29, 0.717) is 34.1 Å². The van der Waals surface area contributed by atoms with Gasteiger partial charge in [0.15, 0.2) is 5.82 Å². The second-order valence-corrected chi connectivity index (χ2v) is 7.66. The largest absolute Gasteiger partial charge is 0.384 e. The number of hydrogen-bond donors (Lipinski definition) is 2. The third kappa shape index (κ3) is 3.01. The maximum absolute atomic E-state index is 14.9. The zero-order valence-corrected chi connectivity index (χ0v) is 17.5. The number of hydrogen-bond acceptors (Lipinski definition) is 6. The van der Waals surface area contributed by atoms with Crippen LogP contribution in [0.15, 0.2) is 67.3 Å². The van der Waals surface area contributed by atoms with E-state index < -0.39 is 0 Å². The number of anilines is 1. The molecule has 0 bridgehead atoms.